The van der Waals surface area contributed by atoms with Crippen LogP contribution in [0.25, 0.3) is 0 Å². The van der Waals surface area contributed by atoms with Gasteiger partial charge in [-0.15, -0.1) is 0 Å². The molecule has 404 valence electrons. The SMILES string of the molecule is COC(=O)C1(C)O[C@H]2O[C@H](CO)[C@@H](O[C@@H]3O[C@H](COC(C)=O)[C@H](O[C@H]4O[C@H](COC(C)=O)[C@H](OC(C)=O)[C@H](OC(C)=O)[C@H]4NC(C)=O)[C@H](OC(=O)c4ccccc4)[C@H]3OC(=O)c3ccccc3)[C@H](OC(C)=O)[C@H]2O1. The summed E-state index contributed by atoms with van der Waals surface area (Å²) in [6.07, 6.45) is -24.2. The Morgan fingerprint density at radius 1 is 0.541 bits per heavy atom. The van der Waals surface area contributed by atoms with Crippen molar-refractivity contribution in [2.75, 3.05) is 26.9 Å². The number of carbonyl (C=O) groups is 9. The number of amides is 1. The second-order valence-corrected chi connectivity index (χ2v) is 17.2. The van der Waals surface area contributed by atoms with Crippen LogP contribution in [0.1, 0.15) is 69.2 Å². The highest BCUT2D eigenvalue weighted by molar-refractivity contribution is 5.90. The smallest absolute Gasteiger partial charge is 0.366 e. The fourth-order valence-corrected chi connectivity index (χ4v) is 8.52. The van der Waals surface area contributed by atoms with Gasteiger partial charge in [0.05, 0.1) is 24.8 Å². The second kappa shape index (κ2) is 25.1. The van der Waals surface area contributed by atoms with E-state index in [1.54, 1.807) is 12.1 Å². The predicted molar refractivity (Wildman–Crippen MR) is 238 cm³/mol. The van der Waals surface area contributed by atoms with Gasteiger partial charge in [0.25, 0.3) is 5.79 Å². The van der Waals surface area contributed by atoms with Gasteiger partial charge in [0.1, 0.15) is 49.8 Å². The highest BCUT2D eigenvalue weighted by Gasteiger charge is 2.63. The maximum absolute atomic E-state index is 14.4. The molecule has 4 saturated heterocycles. The van der Waals surface area contributed by atoms with E-state index in [-0.39, 0.29) is 11.1 Å². The number of methoxy groups -OCH3 is 1. The molecule has 6 rings (SSSR count). The Kier molecular flexibility index (Phi) is 19.2. The summed E-state index contributed by atoms with van der Waals surface area (Å²) in [5, 5.41) is 13.4. The summed E-state index contributed by atoms with van der Waals surface area (Å²) in [4.78, 5) is 117. The topological polar surface area (TPSA) is 324 Å². The zero-order valence-electron chi connectivity index (χ0n) is 41.3. The minimum atomic E-state index is -2.14. The van der Waals surface area contributed by atoms with Crippen LogP contribution in [0.2, 0.25) is 0 Å². The Bertz CT molecular complexity index is 2350. The molecule has 0 aliphatic carbocycles. The van der Waals surface area contributed by atoms with Crippen molar-refractivity contribution in [3.63, 3.8) is 0 Å². The van der Waals surface area contributed by atoms with Crippen LogP contribution in [0.4, 0.5) is 0 Å². The zero-order valence-corrected chi connectivity index (χ0v) is 41.3. The lowest BCUT2D eigenvalue weighted by Crippen LogP contribution is -2.70. The van der Waals surface area contributed by atoms with Crippen molar-refractivity contribution in [3.8, 4) is 0 Å². The van der Waals surface area contributed by atoms with Crippen molar-refractivity contribution >= 4 is 53.7 Å². The fourth-order valence-electron chi connectivity index (χ4n) is 8.52. The number of benzene rings is 2. The summed E-state index contributed by atoms with van der Waals surface area (Å²) >= 11 is 0. The molecule has 4 fully saturated rings. The maximum Gasteiger partial charge on any atom is 0.366 e. The van der Waals surface area contributed by atoms with Gasteiger partial charge in [-0.1, -0.05) is 36.4 Å². The summed E-state index contributed by atoms with van der Waals surface area (Å²) < 4.78 is 88.7. The van der Waals surface area contributed by atoms with Crippen molar-refractivity contribution in [3.05, 3.63) is 71.8 Å². The molecule has 16 atom stereocenters. The standard InChI is InChI=1S/C48H57NO25/c1-22(51)49-33-37(64-26(5)55)35(63-25(4)54)31(20-61-23(2)52)67-44(33)71-36-32(21-62-24(3)53)68-45(40(70-43(58)29-17-13-10-14-18-29)38(36)69-42(57)28-15-11-9-12-16-28)72-34-30(19-50)66-46-41(39(34)65-27(6)56)73-48(7,74-46)47(59)60-8/h9-18,30-41,44-46,50H,19-21H2,1-8H3,(H,49,51)/t30-,31-,32-,33-,34-,35+,36+,37-,38+,39+,40-,41-,44-,45+,46-,48?/m1/s1. The van der Waals surface area contributed by atoms with Crippen molar-refractivity contribution in [1.29, 1.82) is 0 Å². The molecule has 0 saturated carbocycles. The molecular formula is C48H57NO25. The maximum atomic E-state index is 14.4. The minimum absolute atomic E-state index is 0.0530. The van der Waals surface area contributed by atoms with Crippen LogP contribution in [0.3, 0.4) is 0 Å². The third-order valence-corrected chi connectivity index (χ3v) is 11.5. The van der Waals surface area contributed by atoms with Gasteiger partial charge < -0.3 is 81.5 Å². The Morgan fingerprint density at radius 2 is 1.01 bits per heavy atom. The molecule has 2 aromatic carbocycles. The fraction of sp³-hybridized carbons (Fsp3) is 0.562. The van der Waals surface area contributed by atoms with Gasteiger partial charge >= 0.3 is 47.8 Å². The predicted octanol–water partition coefficient (Wildman–Crippen LogP) is 0.106. The Labute approximate surface area is 422 Å². The molecule has 26 nitrogen and oxygen atoms in total. The molecular weight excluding hydrogens is 991 g/mol. The number of carbonyl (C=O) groups excluding carboxylic acids is 9. The molecule has 26 heteroatoms. The first-order valence-corrected chi connectivity index (χ1v) is 23.0. The second-order valence-electron chi connectivity index (χ2n) is 17.2. The van der Waals surface area contributed by atoms with Crippen LogP contribution >= 0.6 is 0 Å². The van der Waals surface area contributed by atoms with E-state index in [1.807, 2.05) is 0 Å². The van der Waals surface area contributed by atoms with E-state index in [0.717, 1.165) is 48.7 Å². The third-order valence-electron chi connectivity index (χ3n) is 11.5. The van der Waals surface area contributed by atoms with E-state index in [2.05, 4.69) is 5.32 Å². The average Bonchev–Trinajstić information content (AvgIpc) is 3.70. The largest absolute Gasteiger partial charge is 0.465 e. The van der Waals surface area contributed by atoms with Crippen molar-refractivity contribution < 1.29 is 119 Å². The highest BCUT2D eigenvalue weighted by atomic mass is 16.9. The first-order valence-electron chi connectivity index (χ1n) is 23.0. The number of esters is 8. The van der Waals surface area contributed by atoms with Gasteiger partial charge in [0.15, 0.2) is 55.5 Å². The molecule has 4 aliphatic heterocycles. The first kappa shape index (κ1) is 56.6. The lowest BCUT2D eigenvalue weighted by atomic mass is 9.94. The highest BCUT2D eigenvalue weighted by Crippen LogP contribution is 2.42. The number of aliphatic hydroxyl groups excluding tert-OH is 1. The Hall–Kier alpha value is -6.65. The summed E-state index contributed by atoms with van der Waals surface area (Å²) in [5.41, 5.74) is -0.109. The molecule has 1 amide bonds. The van der Waals surface area contributed by atoms with E-state index in [1.165, 1.54) is 55.5 Å². The van der Waals surface area contributed by atoms with Gasteiger partial charge in [-0.25, -0.2) is 14.4 Å². The number of rotatable bonds is 18. The Morgan fingerprint density at radius 3 is 1.51 bits per heavy atom. The first-order chi connectivity index (χ1) is 35.1. The van der Waals surface area contributed by atoms with E-state index < -0.39 is 171 Å². The molecule has 74 heavy (non-hydrogen) atoms. The van der Waals surface area contributed by atoms with Gasteiger partial charge in [0.2, 0.25) is 5.91 Å². The van der Waals surface area contributed by atoms with Gasteiger partial charge in [-0.3, -0.25) is 28.8 Å². The minimum Gasteiger partial charge on any atom is -0.465 e. The molecule has 4 aliphatic rings. The number of nitrogens with one attached hydrogen (secondary N) is 1. The van der Waals surface area contributed by atoms with Crippen LogP contribution in [0.15, 0.2) is 60.7 Å². The van der Waals surface area contributed by atoms with Crippen LogP contribution in [-0.4, -0.2) is 184 Å². The van der Waals surface area contributed by atoms with Crippen molar-refractivity contribution in [2.45, 2.75) is 146 Å². The number of aliphatic hydroxyl groups is 1. The van der Waals surface area contributed by atoms with E-state index >= 15 is 0 Å². The van der Waals surface area contributed by atoms with Crippen LogP contribution in [-0.2, 0) is 105 Å². The van der Waals surface area contributed by atoms with Crippen LogP contribution in [0.5, 0.6) is 0 Å². The van der Waals surface area contributed by atoms with E-state index in [9.17, 15) is 48.3 Å². The molecule has 0 aromatic heterocycles. The van der Waals surface area contributed by atoms with Gasteiger partial charge in [-0.05, 0) is 24.3 Å². The number of hydrogen-bond acceptors (Lipinski definition) is 25. The van der Waals surface area contributed by atoms with E-state index in [4.69, 9.17) is 71.1 Å². The van der Waals surface area contributed by atoms with Crippen molar-refractivity contribution in [1.82, 2.24) is 5.32 Å². The lowest BCUT2D eigenvalue weighted by molar-refractivity contribution is -0.366. The summed E-state index contributed by atoms with van der Waals surface area (Å²) in [6, 6.07) is 13.2. The molecule has 0 bridgehead atoms. The summed E-state index contributed by atoms with van der Waals surface area (Å²) in [5.74, 6) is -10.5. The van der Waals surface area contributed by atoms with Crippen molar-refractivity contribution in [2.24, 2.45) is 0 Å². The third kappa shape index (κ3) is 13.9. The summed E-state index contributed by atoms with van der Waals surface area (Å²) in [6.45, 7) is 5.18. The quantitative estimate of drug-likeness (QED) is 0.148. The molecule has 1 unspecified atom stereocenters. The Balaban J connectivity index is 1.53. The van der Waals surface area contributed by atoms with Gasteiger partial charge in [0, 0.05) is 48.5 Å². The zero-order chi connectivity index (χ0) is 54.0. The van der Waals surface area contributed by atoms with Gasteiger partial charge in [-0.2, -0.15) is 0 Å². The normalized spacial score (nSPS) is 32.3. The number of ether oxygens (including phenoxy) is 15. The van der Waals surface area contributed by atoms with Crippen LogP contribution < -0.4 is 5.32 Å². The number of hydrogen-bond donors (Lipinski definition) is 2. The van der Waals surface area contributed by atoms with E-state index in [0.29, 0.717) is 0 Å². The molecule has 0 spiro atoms. The average molecular weight is 1050 g/mol. The summed E-state index contributed by atoms with van der Waals surface area (Å²) in [7, 11) is 1.07. The molecule has 4 heterocycles. The molecule has 0 radical (unpaired) electrons. The van der Waals surface area contributed by atoms with Crippen LogP contribution in [0, 0.1) is 0 Å². The molecule has 2 aromatic rings. The number of fused-ring (bicyclic) bond motifs is 1. The monoisotopic (exact) mass is 1050 g/mol. The lowest BCUT2D eigenvalue weighted by Gasteiger charge is -2.50. The molecule has 2 N–H and O–H groups in total.